The Balaban J connectivity index is 3.52. The highest BCUT2D eigenvalue weighted by Crippen LogP contribution is 2.35. The maximum atomic E-state index is 13.1. The number of esters is 3. The quantitative estimate of drug-likeness (QED) is 0.210. The van der Waals surface area contributed by atoms with Gasteiger partial charge in [0.15, 0.2) is 18.5 Å². The van der Waals surface area contributed by atoms with Gasteiger partial charge in [0, 0.05) is 0 Å². The van der Waals surface area contributed by atoms with E-state index in [1.807, 2.05) is 0 Å². The summed E-state index contributed by atoms with van der Waals surface area (Å²) in [5.41, 5.74) is -9.30. The van der Waals surface area contributed by atoms with E-state index in [9.17, 15) is 41.1 Å². The Morgan fingerprint density at radius 2 is 1.22 bits per heavy atom. The van der Waals surface area contributed by atoms with E-state index in [0.717, 1.165) is 0 Å². The second-order valence-electron chi connectivity index (χ2n) is 11.6. The highest BCUT2D eigenvalue weighted by molar-refractivity contribution is 7.87. The standard InChI is InChI=1S/C22H35F3O11S/c1-19(2,3)16(27)32-10-11(36-37(30,31)22(23,24)25)12-13(34-17(28)20(4,5)6)14(15(26)33-12)35-18(29)21(7,8)9/h11-15,26H,10H2,1-9H3/t11-,12-,13-,14+,15+/m0/s1. The van der Waals surface area contributed by atoms with Crippen LogP contribution < -0.4 is 0 Å². The van der Waals surface area contributed by atoms with Crippen molar-refractivity contribution in [2.75, 3.05) is 6.61 Å². The van der Waals surface area contributed by atoms with Crippen LogP contribution >= 0.6 is 0 Å². The summed E-state index contributed by atoms with van der Waals surface area (Å²) in [5.74, 6) is -2.76. The van der Waals surface area contributed by atoms with Crippen molar-refractivity contribution in [2.45, 2.75) is 98.5 Å². The zero-order valence-electron chi connectivity index (χ0n) is 22.2. The molecule has 5 atom stereocenters. The first-order valence-corrected chi connectivity index (χ1v) is 12.6. The van der Waals surface area contributed by atoms with Crippen molar-refractivity contribution in [2.24, 2.45) is 16.2 Å². The van der Waals surface area contributed by atoms with Crippen LogP contribution in [-0.4, -0.2) is 74.3 Å². The molecule has 37 heavy (non-hydrogen) atoms. The normalized spacial score (nSPS) is 24.4. The van der Waals surface area contributed by atoms with Crippen LogP contribution in [0.2, 0.25) is 0 Å². The average Bonchev–Trinajstić information content (AvgIpc) is 2.97. The largest absolute Gasteiger partial charge is 0.523 e. The summed E-state index contributed by atoms with van der Waals surface area (Å²) in [4.78, 5) is 37.4. The van der Waals surface area contributed by atoms with Gasteiger partial charge in [-0.2, -0.15) is 21.6 Å². The van der Waals surface area contributed by atoms with Gasteiger partial charge in [-0.15, -0.1) is 0 Å². The number of ether oxygens (including phenoxy) is 4. The number of rotatable bonds is 7. The zero-order valence-corrected chi connectivity index (χ0v) is 23.0. The third-order valence-electron chi connectivity index (χ3n) is 4.83. The van der Waals surface area contributed by atoms with Gasteiger partial charge in [0.2, 0.25) is 0 Å². The lowest BCUT2D eigenvalue weighted by Crippen LogP contribution is -2.50. The van der Waals surface area contributed by atoms with Gasteiger partial charge in [0.05, 0.1) is 16.2 Å². The van der Waals surface area contributed by atoms with Gasteiger partial charge in [-0.05, 0) is 62.3 Å². The van der Waals surface area contributed by atoms with Gasteiger partial charge in [-0.25, -0.2) is 0 Å². The average molecular weight is 565 g/mol. The molecule has 0 aliphatic carbocycles. The smallest absolute Gasteiger partial charge is 0.462 e. The van der Waals surface area contributed by atoms with E-state index in [2.05, 4.69) is 4.18 Å². The van der Waals surface area contributed by atoms with Gasteiger partial charge in [0.1, 0.15) is 18.8 Å². The van der Waals surface area contributed by atoms with Gasteiger partial charge < -0.3 is 24.1 Å². The minimum atomic E-state index is -6.28. The molecule has 1 heterocycles. The van der Waals surface area contributed by atoms with E-state index in [1.54, 1.807) is 0 Å². The molecule has 0 amide bonds. The molecule has 1 aliphatic heterocycles. The van der Waals surface area contributed by atoms with E-state index in [4.69, 9.17) is 18.9 Å². The summed E-state index contributed by atoms with van der Waals surface area (Å²) in [6.07, 6.45) is -9.91. The van der Waals surface area contributed by atoms with Crippen LogP contribution in [0.4, 0.5) is 13.2 Å². The molecular weight excluding hydrogens is 529 g/mol. The fraction of sp³-hybridized carbons (Fsp3) is 0.864. The molecule has 1 N–H and O–H groups in total. The van der Waals surface area contributed by atoms with Crippen molar-refractivity contribution in [3.8, 4) is 0 Å². The first kappa shape index (κ1) is 33.1. The molecule has 0 unspecified atom stereocenters. The van der Waals surface area contributed by atoms with Gasteiger partial charge in [-0.3, -0.25) is 18.6 Å². The second-order valence-corrected chi connectivity index (χ2v) is 13.2. The third kappa shape index (κ3) is 8.79. The molecule has 216 valence electrons. The minimum Gasteiger partial charge on any atom is -0.462 e. The van der Waals surface area contributed by atoms with E-state index >= 15 is 0 Å². The summed E-state index contributed by atoms with van der Waals surface area (Å²) < 4.78 is 88.1. The van der Waals surface area contributed by atoms with E-state index in [0.29, 0.717) is 0 Å². The third-order valence-corrected chi connectivity index (χ3v) is 5.89. The lowest BCUT2D eigenvalue weighted by molar-refractivity contribution is -0.185. The highest BCUT2D eigenvalue weighted by Gasteiger charge is 2.57. The van der Waals surface area contributed by atoms with Crippen LogP contribution in [-0.2, 0) is 47.6 Å². The Morgan fingerprint density at radius 3 is 1.59 bits per heavy atom. The summed E-state index contributed by atoms with van der Waals surface area (Å²) in [7, 11) is -6.28. The summed E-state index contributed by atoms with van der Waals surface area (Å²) in [6.45, 7) is 11.9. The molecule has 11 nitrogen and oxygen atoms in total. The number of carbonyl (C=O) groups is 3. The molecule has 15 heteroatoms. The Bertz CT molecular complexity index is 956. The molecule has 1 rings (SSSR count). The summed E-state index contributed by atoms with van der Waals surface area (Å²) in [6, 6.07) is 0. The monoisotopic (exact) mass is 564 g/mol. The van der Waals surface area contributed by atoms with Crippen LogP contribution in [0.1, 0.15) is 62.3 Å². The molecule has 0 saturated carbocycles. The SMILES string of the molecule is CC(C)(C)C(=O)OC[C@H](OS(=O)(=O)C(F)(F)F)[C@@H]1O[C@@H](O)[C@H](OC(=O)C(C)(C)C)[C@H]1OC(=O)C(C)(C)C. The first-order chi connectivity index (χ1) is 16.3. The predicted molar refractivity (Wildman–Crippen MR) is 120 cm³/mol. The van der Waals surface area contributed by atoms with E-state index < -0.39 is 87.1 Å². The molecule has 0 radical (unpaired) electrons. The Labute approximate surface area is 214 Å². The van der Waals surface area contributed by atoms with Crippen LogP contribution in [0.3, 0.4) is 0 Å². The molecule has 1 saturated heterocycles. The van der Waals surface area contributed by atoms with Crippen LogP contribution in [0.5, 0.6) is 0 Å². The molecular formula is C22H35F3O11S. The van der Waals surface area contributed by atoms with Crippen LogP contribution in [0, 0.1) is 16.2 Å². The van der Waals surface area contributed by atoms with Crippen molar-refractivity contribution < 1.29 is 64.2 Å². The number of halogens is 3. The fourth-order valence-electron chi connectivity index (χ4n) is 2.59. The number of carbonyl (C=O) groups excluding carboxylic acids is 3. The topological polar surface area (TPSA) is 152 Å². The number of hydrogen-bond acceptors (Lipinski definition) is 11. The van der Waals surface area contributed by atoms with Crippen molar-refractivity contribution >= 4 is 28.0 Å². The molecule has 0 spiro atoms. The van der Waals surface area contributed by atoms with E-state index in [-0.39, 0.29) is 0 Å². The number of alkyl halides is 3. The Morgan fingerprint density at radius 1 is 0.811 bits per heavy atom. The molecule has 0 aromatic heterocycles. The van der Waals surface area contributed by atoms with Crippen molar-refractivity contribution in [1.29, 1.82) is 0 Å². The lowest BCUT2D eigenvalue weighted by Gasteiger charge is -2.31. The predicted octanol–water partition coefficient (Wildman–Crippen LogP) is 2.44. The van der Waals surface area contributed by atoms with Gasteiger partial charge >= 0.3 is 33.5 Å². The summed E-state index contributed by atoms with van der Waals surface area (Å²) >= 11 is 0. The maximum absolute atomic E-state index is 13.1. The van der Waals surface area contributed by atoms with Crippen molar-refractivity contribution in [3.05, 3.63) is 0 Å². The number of hydrogen-bond donors (Lipinski definition) is 1. The van der Waals surface area contributed by atoms with Gasteiger partial charge in [0.25, 0.3) is 0 Å². The van der Waals surface area contributed by atoms with Crippen LogP contribution in [0.15, 0.2) is 0 Å². The summed E-state index contributed by atoms with van der Waals surface area (Å²) in [5, 5.41) is 10.4. The molecule has 1 fully saturated rings. The Kier molecular flexibility index (Phi) is 9.85. The van der Waals surface area contributed by atoms with Crippen molar-refractivity contribution in [1.82, 2.24) is 0 Å². The molecule has 0 aromatic rings. The fourth-order valence-corrected chi connectivity index (χ4v) is 3.19. The maximum Gasteiger partial charge on any atom is 0.523 e. The Hall–Kier alpha value is -1.97. The highest BCUT2D eigenvalue weighted by atomic mass is 32.2. The van der Waals surface area contributed by atoms with Gasteiger partial charge in [-0.1, -0.05) is 0 Å². The first-order valence-electron chi connectivity index (χ1n) is 11.2. The van der Waals surface area contributed by atoms with Crippen molar-refractivity contribution in [3.63, 3.8) is 0 Å². The second kappa shape index (κ2) is 11.0. The zero-order chi connectivity index (χ0) is 29.4. The molecule has 0 bridgehead atoms. The number of aliphatic hydroxyl groups excluding tert-OH is 1. The van der Waals surface area contributed by atoms with E-state index in [1.165, 1.54) is 62.3 Å². The van der Waals surface area contributed by atoms with Crippen LogP contribution in [0.25, 0.3) is 0 Å². The lowest BCUT2D eigenvalue weighted by atomic mass is 9.96. The molecule has 0 aromatic carbocycles. The minimum absolute atomic E-state index is 0.892. The number of aliphatic hydroxyl groups is 1. The molecule has 1 aliphatic rings.